The number of hydrogen-bond acceptors (Lipinski definition) is 3. The zero-order valence-corrected chi connectivity index (χ0v) is 15.4. The monoisotopic (exact) mass is 352 g/mol. The van der Waals surface area contributed by atoms with Gasteiger partial charge in [-0.2, -0.15) is 0 Å². The first kappa shape index (κ1) is 18.3. The van der Waals surface area contributed by atoms with E-state index in [1.54, 1.807) is 0 Å². The van der Waals surface area contributed by atoms with Gasteiger partial charge in [0.05, 0.1) is 0 Å². The molecule has 2 amide bonds. The summed E-state index contributed by atoms with van der Waals surface area (Å²) in [6.45, 7) is 7.76. The summed E-state index contributed by atoms with van der Waals surface area (Å²) in [6.07, 6.45) is 1.00. The van der Waals surface area contributed by atoms with Crippen molar-refractivity contribution in [3.05, 3.63) is 60.2 Å². The number of benzene rings is 2. The highest BCUT2D eigenvalue weighted by atomic mass is 16.2. The van der Waals surface area contributed by atoms with Crippen LogP contribution >= 0.6 is 0 Å². The molecule has 1 saturated heterocycles. The van der Waals surface area contributed by atoms with Gasteiger partial charge in [-0.1, -0.05) is 37.3 Å². The van der Waals surface area contributed by atoms with E-state index in [1.165, 1.54) is 11.3 Å². The van der Waals surface area contributed by atoms with E-state index in [0.29, 0.717) is 6.54 Å². The first-order valence-electron chi connectivity index (χ1n) is 9.41. The number of hydrogen-bond donors (Lipinski definition) is 2. The van der Waals surface area contributed by atoms with Gasteiger partial charge in [0.1, 0.15) is 0 Å². The van der Waals surface area contributed by atoms with E-state index in [4.69, 9.17) is 0 Å². The molecule has 0 bridgehead atoms. The molecule has 0 radical (unpaired) electrons. The highest BCUT2D eigenvalue weighted by Crippen LogP contribution is 2.15. The second kappa shape index (κ2) is 9.25. The molecule has 3 rings (SSSR count). The molecule has 2 aromatic rings. The highest BCUT2D eigenvalue weighted by Gasteiger charge is 2.16. The molecule has 1 fully saturated rings. The minimum absolute atomic E-state index is 0.142. The summed E-state index contributed by atoms with van der Waals surface area (Å²) in [5, 5.41) is 5.83. The van der Waals surface area contributed by atoms with E-state index in [9.17, 15) is 4.79 Å². The van der Waals surface area contributed by atoms with Gasteiger partial charge in [-0.3, -0.25) is 4.90 Å². The Morgan fingerprint density at radius 1 is 0.962 bits per heavy atom. The van der Waals surface area contributed by atoms with Crippen molar-refractivity contribution in [1.82, 2.24) is 10.2 Å². The lowest BCUT2D eigenvalue weighted by atomic mass is 10.1. The van der Waals surface area contributed by atoms with Crippen LogP contribution < -0.4 is 15.5 Å². The number of carbonyl (C=O) groups is 1. The van der Waals surface area contributed by atoms with Crippen molar-refractivity contribution in [3.63, 3.8) is 0 Å². The normalized spacial score (nSPS) is 14.9. The lowest BCUT2D eigenvalue weighted by Crippen LogP contribution is -2.48. The van der Waals surface area contributed by atoms with Crippen LogP contribution in [-0.2, 0) is 6.42 Å². The smallest absolute Gasteiger partial charge is 0.319 e. The van der Waals surface area contributed by atoms with Gasteiger partial charge >= 0.3 is 6.03 Å². The number of urea groups is 1. The number of para-hydroxylation sites is 1. The van der Waals surface area contributed by atoms with Crippen LogP contribution in [0.4, 0.5) is 16.2 Å². The van der Waals surface area contributed by atoms with Gasteiger partial charge in [-0.25, -0.2) is 4.79 Å². The average molecular weight is 352 g/mol. The molecule has 2 N–H and O–H groups in total. The largest absolute Gasteiger partial charge is 0.369 e. The molecule has 5 nitrogen and oxygen atoms in total. The zero-order chi connectivity index (χ0) is 18.2. The molecule has 0 spiro atoms. The summed E-state index contributed by atoms with van der Waals surface area (Å²) in [5.41, 5.74) is 3.39. The van der Waals surface area contributed by atoms with Gasteiger partial charge < -0.3 is 15.5 Å². The zero-order valence-electron chi connectivity index (χ0n) is 15.4. The minimum Gasteiger partial charge on any atom is -0.369 e. The number of amides is 2. The van der Waals surface area contributed by atoms with Gasteiger partial charge in [0.2, 0.25) is 0 Å². The Balaban J connectivity index is 1.34. The fourth-order valence-corrected chi connectivity index (χ4v) is 3.20. The van der Waals surface area contributed by atoms with Crippen LogP contribution in [0.3, 0.4) is 0 Å². The lowest BCUT2D eigenvalue weighted by Gasteiger charge is -2.36. The molecule has 138 valence electrons. The topological polar surface area (TPSA) is 47.6 Å². The summed E-state index contributed by atoms with van der Waals surface area (Å²) in [5.74, 6) is 0. The maximum atomic E-state index is 12.0. The molecule has 0 aromatic heterocycles. The van der Waals surface area contributed by atoms with Gasteiger partial charge in [0.25, 0.3) is 0 Å². The number of nitrogens with one attached hydrogen (secondary N) is 2. The first-order valence-corrected chi connectivity index (χ1v) is 9.41. The molecular formula is C21H28N4O. The molecule has 5 heteroatoms. The summed E-state index contributed by atoms with van der Waals surface area (Å²) in [6, 6.07) is 18.4. The van der Waals surface area contributed by atoms with E-state index in [0.717, 1.165) is 44.8 Å². The summed E-state index contributed by atoms with van der Waals surface area (Å²) < 4.78 is 0. The predicted octanol–water partition coefficient (Wildman–Crippen LogP) is 3.19. The number of aryl methyl sites for hydroxylation is 1. The average Bonchev–Trinajstić information content (AvgIpc) is 2.70. The van der Waals surface area contributed by atoms with Crippen molar-refractivity contribution in [3.8, 4) is 0 Å². The van der Waals surface area contributed by atoms with Crippen LogP contribution in [-0.4, -0.2) is 50.2 Å². The van der Waals surface area contributed by atoms with Crippen LogP contribution in [0.25, 0.3) is 0 Å². The molecule has 1 aliphatic rings. The van der Waals surface area contributed by atoms with E-state index in [2.05, 4.69) is 57.7 Å². The van der Waals surface area contributed by atoms with Crippen molar-refractivity contribution in [1.29, 1.82) is 0 Å². The van der Waals surface area contributed by atoms with Crippen molar-refractivity contribution in [2.24, 2.45) is 0 Å². The van der Waals surface area contributed by atoms with Gasteiger partial charge in [-0.15, -0.1) is 0 Å². The van der Waals surface area contributed by atoms with Crippen LogP contribution in [0.5, 0.6) is 0 Å². The fourth-order valence-electron chi connectivity index (χ4n) is 3.20. The molecule has 2 aromatic carbocycles. The van der Waals surface area contributed by atoms with Crippen LogP contribution in [0, 0.1) is 0 Å². The third kappa shape index (κ3) is 5.23. The molecule has 0 atom stereocenters. The number of piperazine rings is 1. The Bertz CT molecular complexity index is 679. The molecule has 0 unspecified atom stereocenters. The van der Waals surface area contributed by atoms with Gasteiger partial charge in [-0.05, 0) is 36.2 Å². The lowest BCUT2D eigenvalue weighted by molar-refractivity contribution is 0.240. The van der Waals surface area contributed by atoms with E-state index in [-0.39, 0.29) is 6.03 Å². The first-order chi connectivity index (χ1) is 12.7. The molecular weight excluding hydrogens is 324 g/mol. The van der Waals surface area contributed by atoms with Crippen LogP contribution in [0.2, 0.25) is 0 Å². The Morgan fingerprint density at radius 2 is 1.65 bits per heavy atom. The molecule has 0 aliphatic carbocycles. The summed E-state index contributed by atoms with van der Waals surface area (Å²) >= 11 is 0. The molecule has 1 aliphatic heterocycles. The standard InChI is InChI=1S/C21H28N4O/c1-2-18-8-10-19(11-9-18)23-21(26)22-12-13-24-14-16-25(17-15-24)20-6-4-3-5-7-20/h3-11H,2,12-17H2,1H3,(H2,22,23,26). The third-order valence-electron chi connectivity index (χ3n) is 4.83. The Labute approximate surface area is 156 Å². The van der Waals surface area contributed by atoms with Crippen molar-refractivity contribution < 1.29 is 4.79 Å². The van der Waals surface area contributed by atoms with Gasteiger partial charge in [0.15, 0.2) is 0 Å². The van der Waals surface area contributed by atoms with Crippen molar-refractivity contribution >= 4 is 17.4 Å². The Kier molecular flexibility index (Phi) is 6.50. The Morgan fingerprint density at radius 3 is 2.31 bits per heavy atom. The number of rotatable bonds is 6. The van der Waals surface area contributed by atoms with Crippen molar-refractivity contribution in [2.45, 2.75) is 13.3 Å². The SMILES string of the molecule is CCc1ccc(NC(=O)NCCN2CCN(c3ccccc3)CC2)cc1. The van der Waals surface area contributed by atoms with Crippen LogP contribution in [0.15, 0.2) is 54.6 Å². The summed E-state index contributed by atoms with van der Waals surface area (Å²) in [7, 11) is 0. The second-order valence-corrected chi connectivity index (χ2v) is 6.60. The van der Waals surface area contributed by atoms with Crippen LogP contribution in [0.1, 0.15) is 12.5 Å². The predicted molar refractivity (Wildman–Crippen MR) is 108 cm³/mol. The highest BCUT2D eigenvalue weighted by molar-refractivity contribution is 5.89. The van der Waals surface area contributed by atoms with Crippen molar-refractivity contribution in [2.75, 3.05) is 49.5 Å². The molecule has 0 saturated carbocycles. The quantitative estimate of drug-likeness (QED) is 0.839. The van der Waals surface area contributed by atoms with Gasteiger partial charge in [0, 0.05) is 50.6 Å². The van der Waals surface area contributed by atoms with E-state index in [1.807, 2.05) is 24.3 Å². The van der Waals surface area contributed by atoms with E-state index < -0.39 is 0 Å². The third-order valence-corrected chi connectivity index (χ3v) is 4.83. The number of nitrogens with zero attached hydrogens (tertiary/aromatic N) is 2. The fraction of sp³-hybridized carbons (Fsp3) is 0.381. The maximum absolute atomic E-state index is 12.0. The van der Waals surface area contributed by atoms with E-state index >= 15 is 0 Å². The maximum Gasteiger partial charge on any atom is 0.319 e. The summed E-state index contributed by atoms with van der Waals surface area (Å²) in [4.78, 5) is 16.8. The minimum atomic E-state index is -0.142. The number of carbonyl (C=O) groups excluding carboxylic acids is 1. The molecule has 1 heterocycles. The number of anilines is 2. The second-order valence-electron chi connectivity index (χ2n) is 6.60. The Hall–Kier alpha value is -2.53. The molecule has 26 heavy (non-hydrogen) atoms.